The average Bonchev–Trinajstić information content (AvgIpc) is 3.31. The smallest absolute Gasteiger partial charge is 0.425 e. The van der Waals surface area contributed by atoms with Gasteiger partial charge in [-0.25, -0.2) is 0 Å². The van der Waals surface area contributed by atoms with Crippen LogP contribution in [0.4, 0.5) is 13.2 Å². The minimum absolute atomic E-state index is 0.135. The second kappa shape index (κ2) is 6.59. The minimum atomic E-state index is -4.37. The highest BCUT2D eigenvalue weighted by Crippen LogP contribution is 2.39. The highest BCUT2D eigenvalue weighted by Gasteiger charge is 2.40. The van der Waals surface area contributed by atoms with Crippen LogP contribution in [-0.2, 0) is 6.18 Å². The van der Waals surface area contributed by atoms with Gasteiger partial charge in [-0.1, -0.05) is 11.3 Å². The van der Waals surface area contributed by atoms with Crippen LogP contribution in [-0.4, -0.2) is 24.5 Å². The summed E-state index contributed by atoms with van der Waals surface area (Å²) < 4.78 is 43.3. The third kappa shape index (κ3) is 3.57. The maximum Gasteiger partial charge on any atom is 0.425 e. The van der Waals surface area contributed by atoms with Crippen LogP contribution in [0.15, 0.2) is 36.4 Å². The Kier molecular flexibility index (Phi) is 4.40. The molecule has 3 unspecified atom stereocenters. The molecule has 1 aromatic carbocycles. The van der Waals surface area contributed by atoms with Crippen molar-refractivity contribution in [1.82, 2.24) is 10.6 Å². The molecule has 138 valence electrons. The number of hydrogen-bond donors (Lipinski definition) is 2. The number of thiophene rings is 1. The lowest BCUT2D eigenvalue weighted by molar-refractivity contribution is -0.134. The summed E-state index contributed by atoms with van der Waals surface area (Å²) in [5.74, 6) is 0.749. The van der Waals surface area contributed by atoms with Gasteiger partial charge in [-0.3, -0.25) is 4.79 Å². The monoisotopic (exact) mass is 382 g/mol. The van der Waals surface area contributed by atoms with Crippen molar-refractivity contribution in [2.24, 2.45) is 5.92 Å². The Labute approximate surface area is 152 Å². The summed E-state index contributed by atoms with van der Waals surface area (Å²) in [5.41, 5.74) is 0.509. The normalized spacial score (nSPS) is 24.7. The van der Waals surface area contributed by atoms with Crippen molar-refractivity contribution in [2.45, 2.75) is 31.1 Å². The fraction of sp³-hybridized carbons (Fsp3) is 0.389. The molecular formula is C18H17F3N2O2S. The third-order valence-electron chi connectivity index (χ3n) is 4.88. The summed E-state index contributed by atoms with van der Waals surface area (Å²) in [6.07, 6.45) is -2.31. The molecule has 1 saturated heterocycles. The molecule has 2 aliphatic rings. The van der Waals surface area contributed by atoms with Gasteiger partial charge in [0, 0.05) is 24.2 Å². The van der Waals surface area contributed by atoms with E-state index in [-0.39, 0.29) is 17.0 Å². The summed E-state index contributed by atoms with van der Waals surface area (Å²) in [6.45, 7) is 0.948. The van der Waals surface area contributed by atoms with E-state index >= 15 is 0 Å². The number of ether oxygens (including phenoxy) is 1. The second-order valence-corrected chi connectivity index (χ2v) is 7.71. The van der Waals surface area contributed by atoms with E-state index in [1.165, 1.54) is 6.07 Å². The predicted octanol–water partition coefficient (Wildman–Crippen LogP) is 4.04. The first-order valence-electron chi connectivity index (χ1n) is 8.38. The van der Waals surface area contributed by atoms with Gasteiger partial charge in [0.1, 0.15) is 10.6 Å². The molecule has 1 aliphatic heterocycles. The highest BCUT2D eigenvalue weighted by molar-refractivity contribution is 7.13. The van der Waals surface area contributed by atoms with E-state index < -0.39 is 11.1 Å². The number of fused-ring (bicyclic) bond motifs is 2. The molecule has 2 aromatic rings. The van der Waals surface area contributed by atoms with Gasteiger partial charge in [-0.05, 0) is 55.2 Å². The van der Waals surface area contributed by atoms with Gasteiger partial charge in [0.05, 0.1) is 0 Å². The Morgan fingerprint density at radius 3 is 2.50 bits per heavy atom. The van der Waals surface area contributed by atoms with Crippen molar-refractivity contribution >= 4 is 17.2 Å². The van der Waals surface area contributed by atoms with Crippen LogP contribution in [0.1, 0.15) is 28.1 Å². The molecule has 4 nitrogen and oxygen atoms in total. The zero-order chi connectivity index (χ0) is 18.3. The van der Waals surface area contributed by atoms with E-state index in [2.05, 4.69) is 10.6 Å². The molecule has 2 N–H and O–H groups in total. The predicted molar refractivity (Wildman–Crippen MR) is 91.6 cm³/mol. The van der Waals surface area contributed by atoms with Gasteiger partial charge < -0.3 is 15.4 Å². The number of hydrogen-bond acceptors (Lipinski definition) is 4. The van der Waals surface area contributed by atoms with Gasteiger partial charge in [-0.15, -0.1) is 0 Å². The maximum absolute atomic E-state index is 12.6. The molecule has 26 heavy (non-hydrogen) atoms. The number of carbonyl (C=O) groups is 1. The third-order valence-corrected chi connectivity index (χ3v) is 5.88. The zero-order valence-electron chi connectivity index (χ0n) is 13.7. The number of nitrogens with one attached hydrogen (secondary N) is 2. The first kappa shape index (κ1) is 17.4. The zero-order valence-corrected chi connectivity index (χ0v) is 14.5. The van der Waals surface area contributed by atoms with Gasteiger partial charge in [0.25, 0.3) is 5.91 Å². The van der Waals surface area contributed by atoms with E-state index in [4.69, 9.17) is 4.74 Å². The molecule has 1 aliphatic carbocycles. The van der Waals surface area contributed by atoms with Crippen molar-refractivity contribution in [3.05, 3.63) is 46.8 Å². The SMILES string of the molecule is O=C(NC1CC2CC1CN2)c1ccc(Oc2ccc(C(F)(F)F)s2)cc1. The maximum atomic E-state index is 12.6. The number of amides is 1. The number of alkyl halides is 3. The Morgan fingerprint density at radius 1 is 1.15 bits per heavy atom. The molecule has 1 saturated carbocycles. The van der Waals surface area contributed by atoms with Crippen molar-refractivity contribution in [1.29, 1.82) is 0 Å². The molecule has 2 bridgehead atoms. The highest BCUT2D eigenvalue weighted by atomic mass is 32.1. The summed E-state index contributed by atoms with van der Waals surface area (Å²) in [7, 11) is 0. The summed E-state index contributed by atoms with van der Waals surface area (Å²) in [4.78, 5) is 11.7. The molecule has 2 heterocycles. The largest absolute Gasteiger partial charge is 0.447 e. The molecule has 1 amide bonds. The molecular weight excluding hydrogens is 365 g/mol. The van der Waals surface area contributed by atoms with Crippen LogP contribution in [0.3, 0.4) is 0 Å². The van der Waals surface area contributed by atoms with E-state index in [1.807, 2.05) is 0 Å². The van der Waals surface area contributed by atoms with Crippen molar-refractivity contribution < 1.29 is 22.7 Å². The van der Waals surface area contributed by atoms with Crippen LogP contribution in [0.25, 0.3) is 0 Å². The molecule has 8 heteroatoms. The Morgan fingerprint density at radius 2 is 1.92 bits per heavy atom. The number of benzene rings is 1. The molecule has 3 atom stereocenters. The number of carbonyl (C=O) groups excluding carboxylic acids is 1. The van der Waals surface area contributed by atoms with Crippen LogP contribution in [0.2, 0.25) is 0 Å². The second-order valence-electron chi connectivity index (χ2n) is 6.66. The summed E-state index contributed by atoms with van der Waals surface area (Å²) >= 11 is 0.541. The summed E-state index contributed by atoms with van der Waals surface area (Å²) in [6, 6.07) is 9.41. The molecule has 1 aromatic heterocycles. The van der Waals surface area contributed by atoms with Gasteiger partial charge in [0.15, 0.2) is 5.06 Å². The minimum Gasteiger partial charge on any atom is -0.447 e. The Hall–Kier alpha value is -2.06. The molecule has 0 radical (unpaired) electrons. The quantitative estimate of drug-likeness (QED) is 0.839. The Bertz CT molecular complexity index is 804. The van der Waals surface area contributed by atoms with Crippen LogP contribution < -0.4 is 15.4 Å². The lowest BCUT2D eigenvalue weighted by Crippen LogP contribution is -2.44. The number of halogens is 3. The molecule has 4 rings (SSSR count). The van der Waals surface area contributed by atoms with Crippen LogP contribution in [0, 0.1) is 5.92 Å². The van der Waals surface area contributed by atoms with Gasteiger partial charge >= 0.3 is 6.18 Å². The average molecular weight is 382 g/mol. The van der Waals surface area contributed by atoms with Crippen molar-refractivity contribution in [3.63, 3.8) is 0 Å². The van der Waals surface area contributed by atoms with Gasteiger partial charge in [-0.2, -0.15) is 13.2 Å². The first-order valence-corrected chi connectivity index (χ1v) is 9.19. The van der Waals surface area contributed by atoms with Crippen LogP contribution >= 0.6 is 11.3 Å². The molecule has 0 spiro atoms. The van der Waals surface area contributed by atoms with E-state index in [1.54, 1.807) is 24.3 Å². The van der Waals surface area contributed by atoms with Crippen LogP contribution in [0.5, 0.6) is 10.8 Å². The van der Waals surface area contributed by atoms with Crippen molar-refractivity contribution in [2.75, 3.05) is 6.54 Å². The van der Waals surface area contributed by atoms with Gasteiger partial charge in [0.2, 0.25) is 0 Å². The standard InChI is InChI=1S/C18H17F3N2O2S/c19-18(20,21)15-5-6-16(26-15)25-13-3-1-10(2-4-13)17(24)23-14-8-12-7-11(14)9-22-12/h1-6,11-12,14,22H,7-9H2,(H,23,24). The summed E-state index contributed by atoms with van der Waals surface area (Å²) in [5, 5.41) is 6.63. The number of piperidine rings is 1. The lowest BCUT2D eigenvalue weighted by Gasteiger charge is -2.23. The number of rotatable bonds is 4. The topological polar surface area (TPSA) is 50.4 Å². The van der Waals surface area contributed by atoms with E-state index in [0.29, 0.717) is 34.6 Å². The Balaban J connectivity index is 1.37. The molecule has 2 fully saturated rings. The van der Waals surface area contributed by atoms with E-state index in [0.717, 1.165) is 25.5 Å². The van der Waals surface area contributed by atoms with Crippen molar-refractivity contribution in [3.8, 4) is 10.8 Å². The fourth-order valence-corrected chi connectivity index (χ4v) is 4.32. The first-order chi connectivity index (χ1) is 12.4. The fourth-order valence-electron chi connectivity index (χ4n) is 3.58. The van der Waals surface area contributed by atoms with E-state index in [9.17, 15) is 18.0 Å². The lowest BCUT2D eigenvalue weighted by atomic mass is 10.0.